The number of hydrogen-bond donors (Lipinski definition) is 1. The minimum absolute atomic E-state index is 0. The summed E-state index contributed by atoms with van der Waals surface area (Å²) in [5.41, 5.74) is 0. The summed E-state index contributed by atoms with van der Waals surface area (Å²) in [5, 5.41) is 16.7. The zero-order valence-corrected chi connectivity index (χ0v) is 12.6. The molecule has 0 aromatic rings. The van der Waals surface area contributed by atoms with Crippen molar-refractivity contribution in [2.45, 2.75) is 0 Å². The molecule has 0 saturated carbocycles. The first kappa shape index (κ1) is 41.8. The molecule has 0 unspecified atom stereocenters. The molecular weight excluding hydrogens is 178 g/mol. The van der Waals surface area contributed by atoms with Gasteiger partial charge in [-0.2, -0.15) is 0 Å². The van der Waals surface area contributed by atoms with E-state index in [2.05, 4.69) is 0 Å². The van der Waals surface area contributed by atoms with Crippen LogP contribution in [0.2, 0.25) is 0 Å². The number of hydrogen-bond acceptors (Lipinski definition) is 4. The molecule has 0 bridgehead atoms. The molecule has 40 valence electrons. The molecule has 0 aliphatic carbocycles. The van der Waals surface area contributed by atoms with Crippen molar-refractivity contribution in [1.29, 1.82) is 0 Å². The molecule has 0 aromatic heterocycles. The molecule has 4 nitrogen and oxygen atoms in total. The molecule has 0 aliphatic heterocycles. The van der Waals surface area contributed by atoms with Crippen molar-refractivity contribution in [2.24, 2.45) is 0 Å². The molecule has 0 aliphatic rings. The van der Waals surface area contributed by atoms with Crippen LogP contribution in [-0.4, -0.2) is 6.16 Å². The van der Waals surface area contributed by atoms with Gasteiger partial charge >= 0.3 is 88.7 Å². The number of carbonyl (C=O) groups excluding carboxylic acids is 1. The van der Waals surface area contributed by atoms with Crippen molar-refractivity contribution in [1.82, 2.24) is 6.15 Å². The second-order valence-electron chi connectivity index (χ2n) is 0.250. The Hall–Kier alpha value is 2.52. The van der Waals surface area contributed by atoms with Crippen molar-refractivity contribution in [3.63, 3.8) is 0 Å². The Bertz CT molecular complexity index is 42.0. The third kappa shape index (κ3) is 120. The predicted octanol–water partition coefficient (Wildman–Crippen LogP) is -14.3. The van der Waals surface area contributed by atoms with E-state index in [9.17, 15) is 0 Å². The van der Waals surface area contributed by atoms with Gasteiger partial charge in [0.2, 0.25) is 0 Å². The Morgan fingerprint density at radius 3 is 1.00 bits per heavy atom. The fourth-order valence-electron chi connectivity index (χ4n) is 0. The van der Waals surface area contributed by atoms with Gasteiger partial charge in [0, 0.05) is 0 Å². The summed E-state index contributed by atoms with van der Waals surface area (Å²) in [7, 11) is 0. The van der Waals surface area contributed by atoms with Gasteiger partial charge in [0.25, 0.3) is 0 Å². The second kappa shape index (κ2) is 31.3. The second-order valence-corrected chi connectivity index (χ2v) is 0.250. The number of carboxylic acid groups (broad SMARTS) is 2. The van der Waals surface area contributed by atoms with Crippen molar-refractivity contribution < 1.29 is 116 Å². The topological polar surface area (TPSA) is 98.2 Å². The summed E-state index contributed by atoms with van der Waals surface area (Å²) in [6.45, 7) is 0. The van der Waals surface area contributed by atoms with E-state index in [1.165, 1.54) is 0 Å². The van der Waals surface area contributed by atoms with Crippen LogP contribution in [0.5, 0.6) is 0 Å². The molecular formula is CH3ClNNa3O3. The first-order valence-corrected chi connectivity index (χ1v) is 0.612. The zero-order chi connectivity index (χ0) is 3.58. The van der Waals surface area contributed by atoms with Crippen LogP contribution in [0.15, 0.2) is 0 Å². The summed E-state index contributed by atoms with van der Waals surface area (Å²) in [6.07, 6.45) is -2.33. The monoisotopic (exact) mass is 181 g/mol. The van der Waals surface area contributed by atoms with Crippen LogP contribution in [0.1, 0.15) is 0 Å². The van der Waals surface area contributed by atoms with E-state index in [0.717, 1.165) is 0 Å². The Balaban J connectivity index is -0.00000000450. The van der Waals surface area contributed by atoms with E-state index in [1.54, 1.807) is 0 Å². The van der Waals surface area contributed by atoms with Crippen LogP contribution in [0.3, 0.4) is 0 Å². The Morgan fingerprint density at radius 1 is 1.00 bits per heavy atom. The molecule has 0 spiro atoms. The number of rotatable bonds is 0. The van der Waals surface area contributed by atoms with E-state index in [-0.39, 0.29) is 107 Å². The summed E-state index contributed by atoms with van der Waals surface area (Å²) in [5.74, 6) is 0. The molecule has 0 rings (SSSR count). The van der Waals surface area contributed by atoms with Gasteiger partial charge in [-0.05, 0) is 6.16 Å². The third-order valence-electron chi connectivity index (χ3n) is 0. The summed E-state index contributed by atoms with van der Waals surface area (Å²) in [4.78, 5) is 8.33. The van der Waals surface area contributed by atoms with Crippen molar-refractivity contribution in [3.8, 4) is 0 Å². The maximum absolute atomic E-state index is 8.33. The standard InChI is InChI=1S/CH2O3.ClH.H3N.3Na/c2-1(3)4;;;;;/h(H2,2,3,4);1H;1H3;;;/q;;;3*+1/p-3. The van der Waals surface area contributed by atoms with Crippen molar-refractivity contribution in [3.05, 3.63) is 0 Å². The first-order valence-electron chi connectivity index (χ1n) is 0.612. The number of halogens is 1. The zero-order valence-electron chi connectivity index (χ0n) is 5.81. The van der Waals surface area contributed by atoms with Crippen LogP contribution < -0.4 is 117 Å². The Labute approximate surface area is 126 Å². The van der Waals surface area contributed by atoms with Gasteiger partial charge in [-0.3, -0.25) is 0 Å². The third-order valence-corrected chi connectivity index (χ3v) is 0. The van der Waals surface area contributed by atoms with E-state index in [4.69, 9.17) is 15.0 Å². The number of carbonyl (C=O) groups is 1. The minimum Gasteiger partial charge on any atom is -1.00 e. The Morgan fingerprint density at radius 2 is 1.00 bits per heavy atom. The molecule has 0 aromatic carbocycles. The van der Waals surface area contributed by atoms with Crippen molar-refractivity contribution >= 4 is 6.16 Å². The van der Waals surface area contributed by atoms with Gasteiger partial charge in [0.05, 0.1) is 0 Å². The smallest absolute Gasteiger partial charge is 1.00 e. The van der Waals surface area contributed by atoms with Gasteiger partial charge in [-0.25, -0.2) is 0 Å². The van der Waals surface area contributed by atoms with Gasteiger partial charge in [0.15, 0.2) is 0 Å². The fourth-order valence-corrected chi connectivity index (χ4v) is 0. The normalized spacial score (nSPS) is 2.67. The maximum atomic E-state index is 8.33. The average Bonchev–Trinajstić information content (AvgIpc) is 0.811. The van der Waals surface area contributed by atoms with E-state index < -0.39 is 6.16 Å². The molecule has 9 heavy (non-hydrogen) atoms. The molecule has 0 amide bonds. The van der Waals surface area contributed by atoms with E-state index in [1.807, 2.05) is 0 Å². The van der Waals surface area contributed by atoms with E-state index in [0.29, 0.717) is 0 Å². The molecule has 0 atom stereocenters. The molecule has 8 heteroatoms. The fraction of sp³-hybridized carbons (Fsp3) is 0. The van der Waals surface area contributed by atoms with Crippen LogP contribution in [0, 0.1) is 0 Å². The van der Waals surface area contributed by atoms with Crippen LogP contribution in [0.4, 0.5) is 4.79 Å². The Kier molecular flexibility index (Phi) is 145. The average molecular weight is 181 g/mol. The minimum atomic E-state index is -2.33. The van der Waals surface area contributed by atoms with Crippen LogP contribution >= 0.6 is 0 Å². The molecule has 0 heterocycles. The quantitative estimate of drug-likeness (QED) is 0.375. The molecule has 0 fully saturated rings. The van der Waals surface area contributed by atoms with Gasteiger partial charge < -0.3 is 33.6 Å². The summed E-state index contributed by atoms with van der Waals surface area (Å²) >= 11 is 0. The summed E-state index contributed by atoms with van der Waals surface area (Å²) in [6, 6.07) is 0. The van der Waals surface area contributed by atoms with Gasteiger partial charge in [-0.1, -0.05) is 0 Å². The SMILES string of the molecule is N.O=C([O-])[O-].[Cl-].[Na+].[Na+].[Na+]. The van der Waals surface area contributed by atoms with Crippen molar-refractivity contribution in [2.75, 3.05) is 0 Å². The van der Waals surface area contributed by atoms with Gasteiger partial charge in [0.1, 0.15) is 0 Å². The predicted molar refractivity (Wildman–Crippen MR) is 10.4 cm³/mol. The van der Waals surface area contributed by atoms with E-state index >= 15 is 0 Å². The largest absolute Gasteiger partial charge is 1.00 e. The molecule has 0 radical (unpaired) electrons. The first-order chi connectivity index (χ1) is 1.73. The molecule has 0 saturated heterocycles. The molecule has 3 N–H and O–H groups in total. The summed E-state index contributed by atoms with van der Waals surface area (Å²) < 4.78 is 0. The maximum Gasteiger partial charge on any atom is 1.00 e. The van der Waals surface area contributed by atoms with Crippen LogP contribution in [0.25, 0.3) is 0 Å². The van der Waals surface area contributed by atoms with Gasteiger partial charge in [-0.15, -0.1) is 0 Å². The van der Waals surface area contributed by atoms with Crippen LogP contribution in [-0.2, 0) is 0 Å².